The van der Waals surface area contributed by atoms with Crippen molar-refractivity contribution in [2.75, 3.05) is 25.0 Å². The maximum absolute atomic E-state index is 12.9. The van der Waals surface area contributed by atoms with Gasteiger partial charge in [-0.2, -0.15) is 0 Å². The molecule has 5 rings (SSSR count). The summed E-state index contributed by atoms with van der Waals surface area (Å²) in [7, 11) is 1.50. The number of amides is 2. The number of pyridine rings is 1. The average molecular weight is 501 g/mol. The predicted molar refractivity (Wildman–Crippen MR) is 144 cm³/mol. The number of aromatic nitrogens is 3. The number of anilines is 1. The molecule has 4 heterocycles. The second kappa shape index (κ2) is 10.1. The van der Waals surface area contributed by atoms with E-state index in [2.05, 4.69) is 27.8 Å². The number of hydrogen-bond donors (Lipinski definition) is 1. The van der Waals surface area contributed by atoms with Crippen molar-refractivity contribution < 1.29 is 4.79 Å². The maximum atomic E-state index is 12.9. The topological polar surface area (TPSA) is 92.5 Å². The van der Waals surface area contributed by atoms with E-state index in [9.17, 15) is 14.4 Å². The standard InChI is InChI=1S/C28H32N6O3/c1-19-8-12-29-16-23(19)24-18-33(28(37)31(3)26(24)35)17-20(2)32-13-10-22(11-14-32)34-15-9-21-6-4-5-7-25(21)30-27(34)36/h4-8,12,16,18,22H,2,9-11,13-15,17H2,1,3H3,(H,30,36). The molecule has 9 heteroatoms. The van der Waals surface area contributed by atoms with Gasteiger partial charge in [-0.1, -0.05) is 24.8 Å². The van der Waals surface area contributed by atoms with Crippen molar-refractivity contribution in [2.24, 2.45) is 7.05 Å². The van der Waals surface area contributed by atoms with Gasteiger partial charge in [0.05, 0.1) is 12.1 Å². The Balaban J connectivity index is 1.27. The van der Waals surface area contributed by atoms with E-state index in [-0.39, 0.29) is 29.9 Å². The number of carbonyl (C=O) groups excluding carboxylic acids is 1. The van der Waals surface area contributed by atoms with Crippen LogP contribution in [-0.4, -0.2) is 55.6 Å². The number of carbonyl (C=O) groups is 1. The van der Waals surface area contributed by atoms with Gasteiger partial charge in [-0.3, -0.25) is 18.9 Å². The first-order valence-electron chi connectivity index (χ1n) is 12.6. The normalized spacial score (nSPS) is 16.2. The molecule has 3 aromatic rings. The fourth-order valence-corrected chi connectivity index (χ4v) is 5.30. The van der Waals surface area contributed by atoms with Crippen LogP contribution in [0.25, 0.3) is 11.1 Å². The molecule has 1 saturated heterocycles. The maximum Gasteiger partial charge on any atom is 0.331 e. The summed E-state index contributed by atoms with van der Waals surface area (Å²) in [6.07, 6.45) is 7.43. The number of nitrogens with one attached hydrogen (secondary N) is 1. The van der Waals surface area contributed by atoms with Crippen molar-refractivity contribution in [1.29, 1.82) is 0 Å². The third-order valence-corrected chi connectivity index (χ3v) is 7.53. The number of allylic oxidation sites excluding steroid dienone is 1. The van der Waals surface area contributed by atoms with E-state index >= 15 is 0 Å². The second-order valence-electron chi connectivity index (χ2n) is 9.82. The van der Waals surface area contributed by atoms with E-state index in [4.69, 9.17) is 0 Å². The average Bonchev–Trinajstić information content (AvgIpc) is 3.07. The van der Waals surface area contributed by atoms with Gasteiger partial charge in [-0.05, 0) is 49.4 Å². The number of aryl methyl sites for hydroxylation is 1. The fourth-order valence-electron chi connectivity index (χ4n) is 5.30. The van der Waals surface area contributed by atoms with E-state index in [1.165, 1.54) is 11.6 Å². The number of nitrogens with zero attached hydrogens (tertiary/aromatic N) is 5. The van der Waals surface area contributed by atoms with Crippen LogP contribution in [-0.2, 0) is 20.0 Å². The summed E-state index contributed by atoms with van der Waals surface area (Å²) < 4.78 is 2.67. The van der Waals surface area contributed by atoms with Gasteiger partial charge in [-0.15, -0.1) is 0 Å². The second-order valence-corrected chi connectivity index (χ2v) is 9.82. The minimum atomic E-state index is -0.382. The Kier molecular flexibility index (Phi) is 6.69. The van der Waals surface area contributed by atoms with E-state index in [0.29, 0.717) is 17.7 Å². The van der Waals surface area contributed by atoms with Crippen LogP contribution in [0, 0.1) is 6.92 Å². The van der Waals surface area contributed by atoms with Crippen LogP contribution in [0.4, 0.5) is 10.5 Å². The Hall–Kier alpha value is -4.14. The first-order chi connectivity index (χ1) is 17.8. The molecule has 1 aromatic carbocycles. The van der Waals surface area contributed by atoms with Crippen LogP contribution in [0.5, 0.6) is 0 Å². The van der Waals surface area contributed by atoms with Gasteiger partial charge in [0.25, 0.3) is 5.56 Å². The first-order valence-corrected chi connectivity index (χ1v) is 12.6. The molecule has 0 atom stereocenters. The summed E-state index contributed by atoms with van der Waals surface area (Å²) in [6.45, 7) is 8.63. The number of benzene rings is 1. The Morgan fingerprint density at radius 1 is 1.08 bits per heavy atom. The van der Waals surface area contributed by atoms with Crippen molar-refractivity contribution in [3.8, 4) is 11.1 Å². The molecule has 1 fully saturated rings. The van der Waals surface area contributed by atoms with E-state index in [1.807, 2.05) is 36.1 Å². The molecule has 0 aliphatic carbocycles. The molecular formula is C28H32N6O3. The number of likely N-dealkylation sites (tertiary alicyclic amines) is 1. The van der Waals surface area contributed by atoms with Crippen LogP contribution in [0.3, 0.4) is 0 Å². The highest BCUT2D eigenvalue weighted by Crippen LogP contribution is 2.26. The highest BCUT2D eigenvalue weighted by atomic mass is 16.2. The van der Waals surface area contributed by atoms with Gasteiger partial charge in [0.2, 0.25) is 0 Å². The lowest BCUT2D eigenvalue weighted by molar-refractivity contribution is 0.142. The van der Waals surface area contributed by atoms with Crippen molar-refractivity contribution >= 4 is 11.7 Å². The molecular weight excluding hydrogens is 468 g/mol. The summed E-state index contributed by atoms with van der Waals surface area (Å²) in [5, 5.41) is 3.06. The van der Waals surface area contributed by atoms with Gasteiger partial charge in [0.1, 0.15) is 0 Å². The largest absolute Gasteiger partial charge is 0.374 e. The molecule has 37 heavy (non-hydrogen) atoms. The summed E-state index contributed by atoms with van der Waals surface area (Å²) in [5.41, 5.74) is 4.19. The summed E-state index contributed by atoms with van der Waals surface area (Å²) in [5.74, 6) is 0. The molecule has 9 nitrogen and oxygen atoms in total. The fraction of sp³-hybridized carbons (Fsp3) is 0.357. The highest BCUT2D eigenvalue weighted by molar-refractivity contribution is 5.91. The summed E-state index contributed by atoms with van der Waals surface area (Å²) in [6, 6.07) is 9.91. The van der Waals surface area contributed by atoms with E-state index in [1.54, 1.807) is 18.6 Å². The van der Waals surface area contributed by atoms with Crippen LogP contribution in [0.1, 0.15) is 24.0 Å². The van der Waals surface area contributed by atoms with Crippen LogP contribution in [0.15, 0.2) is 70.8 Å². The number of piperidine rings is 1. The summed E-state index contributed by atoms with van der Waals surface area (Å²) >= 11 is 0. The molecule has 192 valence electrons. The van der Waals surface area contributed by atoms with Crippen LogP contribution in [0.2, 0.25) is 0 Å². The molecule has 0 radical (unpaired) electrons. The van der Waals surface area contributed by atoms with E-state index < -0.39 is 0 Å². The van der Waals surface area contributed by atoms with Crippen molar-refractivity contribution in [3.63, 3.8) is 0 Å². The number of fused-ring (bicyclic) bond motifs is 1. The van der Waals surface area contributed by atoms with Gasteiger partial charge >= 0.3 is 11.7 Å². The zero-order valence-corrected chi connectivity index (χ0v) is 21.3. The van der Waals surface area contributed by atoms with Crippen molar-refractivity contribution in [1.82, 2.24) is 23.9 Å². The zero-order valence-electron chi connectivity index (χ0n) is 21.3. The smallest absolute Gasteiger partial charge is 0.331 e. The van der Waals surface area contributed by atoms with Gasteiger partial charge in [-0.25, -0.2) is 9.59 Å². The lowest BCUT2D eigenvalue weighted by Gasteiger charge is -2.39. The minimum Gasteiger partial charge on any atom is -0.374 e. The molecule has 2 amide bonds. The molecule has 0 saturated carbocycles. The first kappa shape index (κ1) is 24.5. The van der Waals surface area contributed by atoms with Crippen LogP contribution >= 0.6 is 0 Å². The molecule has 1 N–H and O–H groups in total. The van der Waals surface area contributed by atoms with Crippen LogP contribution < -0.4 is 16.6 Å². The Morgan fingerprint density at radius 2 is 1.84 bits per heavy atom. The minimum absolute atomic E-state index is 0.0443. The third kappa shape index (κ3) is 4.81. The highest BCUT2D eigenvalue weighted by Gasteiger charge is 2.30. The van der Waals surface area contributed by atoms with E-state index in [0.717, 1.165) is 59.4 Å². The summed E-state index contributed by atoms with van der Waals surface area (Å²) in [4.78, 5) is 46.9. The Labute approximate surface area is 215 Å². The van der Waals surface area contributed by atoms with Gasteiger partial charge in [0.15, 0.2) is 0 Å². The Morgan fingerprint density at radius 3 is 2.59 bits per heavy atom. The Bertz CT molecular complexity index is 1470. The quantitative estimate of drug-likeness (QED) is 0.582. The molecule has 0 bridgehead atoms. The molecule has 0 unspecified atom stereocenters. The lowest BCUT2D eigenvalue weighted by Crippen LogP contribution is -2.49. The molecule has 2 aliphatic rings. The van der Waals surface area contributed by atoms with Gasteiger partial charge < -0.3 is 15.1 Å². The molecule has 2 aromatic heterocycles. The number of hydrogen-bond acceptors (Lipinski definition) is 5. The number of rotatable bonds is 5. The van der Waals surface area contributed by atoms with Crippen molar-refractivity contribution in [3.05, 3.63) is 93.2 Å². The monoisotopic (exact) mass is 500 g/mol. The zero-order chi connectivity index (χ0) is 26.1. The van der Waals surface area contributed by atoms with Crippen molar-refractivity contribution in [2.45, 2.75) is 38.8 Å². The predicted octanol–water partition coefficient (Wildman–Crippen LogP) is 2.99. The number of para-hydroxylation sites is 1. The SMILES string of the molecule is C=C(Cn1cc(-c2cnccc2C)c(=O)n(C)c1=O)N1CCC(N2CCc3ccccc3NC2=O)CC1. The molecule has 2 aliphatic heterocycles. The number of urea groups is 1. The lowest BCUT2D eigenvalue weighted by atomic mass is 10.0. The van der Waals surface area contributed by atoms with Gasteiger partial charge in [0, 0.05) is 68.3 Å². The third-order valence-electron chi connectivity index (χ3n) is 7.53. The molecule has 0 spiro atoms.